The van der Waals surface area contributed by atoms with Gasteiger partial charge in [0.2, 0.25) is 0 Å². The number of hydrogen-bond acceptors (Lipinski definition) is 5. The maximum Gasteiger partial charge on any atom is 0.273 e. The van der Waals surface area contributed by atoms with E-state index in [2.05, 4.69) is 10.2 Å². The molecule has 0 aliphatic carbocycles. The number of fused-ring (bicyclic) bond motifs is 1. The number of nitrogens with one attached hydrogen (secondary N) is 1. The van der Waals surface area contributed by atoms with E-state index in [4.69, 9.17) is 9.47 Å². The van der Waals surface area contributed by atoms with Gasteiger partial charge in [-0.05, 0) is 72.9 Å². The summed E-state index contributed by atoms with van der Waals surface area (Å²) in [6, 6.07) is 19.1. The number of hydrogen-bond donors (Lipinski definition) is 2. The summed E-state index contributed by atoms with van der Waals surface area (Å²) in [5.41, 5.74) is 6.21. The van der Waals surface area contributed by atoms with Crippen molar-refractivity contribution in [3.8, 4) is 28.5 Å². The smallest absolute Gasteiger partial charge is 0.273 e. The lowest BCUT2D eigenvalue weighted by Crippen LogP contribution is -2.31. The molecule has 0 radical (unpaired) electrons. The predicted molar refractivity (Wildman–Crippen MR) is 138 cm³/mol. The quantitative estimate of drug-likeness (QED) is 0.377. The molecule has 7 nitrogen and oxygen atoms in total. The van der Waals surface area contributed by atoms with E-state index in [0.29, 0.717) is 35.7 Å². The number of benzene rings is 3. The Morgan fingerprint density at radius 1 is 1.00 bits per heavy atom. The molecular formula is C29H29N3O4. The highest BCUT2D eigenvalue weighted by atomic mass is 16.5. The van der Waals surface area contributed by atoms with E-state index in [1.165, 1.54) is 0 Å². The average molecular weight is 484 g/mol. The van der Waals surface area contributed by atoms with Crippen LogP contribution >= 0.6 is 0 Å². The SMILES string of the molecule is COc1ccc(CCN2C(=O)c3[nH]nc(-c4cc(C)cc(C)c4O)c3[C@H]2c2cccc(OC)c2)cc1. The van der Waals surface area contributed by atoms with Gasteiger partial charge in [0.15, 0.2) is 0 Å². The molecule has 36 heavy (non-hydrogen) atoms. The lowest BCUT2D eigenvalue weighted by molar-refractivity contribution is 0.0745. The minimum Gasteiger partial charge on any atom is -0.507 e. The van der Waals surface area contributed by atoms with E-state index < -0.39 is 0 Å². The van der Waals surface area contributed by atoms with Gasteiger partial charge in [0.25, 0.3) is 5.91 Å². The highest BCUT2D eigenvalue weighted by Crippen LogP contribution is 2.45. The summed E-state index contributed by atoms with van der Waals surface area (Å²) in [6.45, 7) is 4.35. The Labute approximate surface area is 210 Å². The molecule has 2 heterocycles. The third-order valence-corrected chi connectivity index (χ3v) is 6.77. The van der Waals surface area contributed by atoms with Crippen molar-refractivity contribution in [2.45, 2.75) is 26.3 Å². The number of methoxy groups -OCH3 is 2. The topological polar surface area (TPSA) is 87.7 Å². The van der Waals surface area contributed by atoms with Crippen LogP contribution in [-0.4, -0.2) is 46.9 Å². The minimum atomic E-state index is -0.380. The summed E-state index contributed by atoms with van der Waals surface area (Å²) in [5.74, 6) is 1.56. The Balaban J connectivity index is 1.59. The van der Waals surface area contributed by atoms with Crippen LogP contribution in [0.4, 0.5) is 0 Å². The first-order valence-corrected chi connectivity index (χ1v) is 11.9. The van der Waals surface area contributed by atoms with Gasteiger partial charge in [-0.25, -0.2) is 0 Å². The number of phenols is 1. The van der Waals surface area contributed by atoms with Crippen molar-refractivity contribution in [1.82, 2.24) is 15.1 Å². The van der Waals surface area contributed by atoms with E-state index in [9.17, 15) is 9.90 Å². The van der Waals surface area contributed by atoms with Crippen molar-refractivity contribution in [2.24, 2.45) is 0 Å². The summed E-state index contributed by atoms with van der Waals surface area (Å²) in [7, 11) is 3.27. The molecule has 2 N–H and O–H groups in total. The second-order valence-corrected chi connectivity index (χ2v) is 9.11. The van der Waals surface area contributed by atoms with Crippen molar-refractivity contribution in [3.63, 3.8) is 0 Å². The van der Waals surface area contributed by atoms with Crippen molar-refractivity contribution in [2.75, 3.05) is 20.8 Å². The fourth-order valence-corrected chi connectivity index (χ4v) is 4.97. The van der Waals surface area contributed by atoms with Crippen LogP contribution < -0.4 is 9.47 Å². The third kappa shape index (κ3) is 4.06. The largest absolute Gasteiger partial charge is 0.507 e. The van der Waals surface area contributed by atoms with Crippen LogP contribution in [-0.2, 0) is 6.42 Å². The van der Waals surface area contributed by atoms with Crippen LogP contribution in [0, 0.1) is 13.8 Å². The van der Waals surface area contributed by atoms with Crippen LogP contribution in [0.2, 0.25) is 0 Å². The number of ether oxygens (including phenoxy) is 2. The molecule has 0 spiro atoms. The van der Waals surface area contributed by atoms with E-state index in [-0.39, 0.29) is 17.7 Å². The highest BCUT2D eigenvalue weighted by Gasteiger charge is 2.42. The fraction of sp³-hybridized carbons (Fsp3) is 0.241. The summed E-state index contributed by atoms with van der Waals surface area (Å²) in [5, 5.41) is 18.4. The molecule has 3 aromatic carbocycles. The van der Waals surface area contributed by atoms with Gasteiger partial charge < -0.3 is 19.5 Å². The first-order valence-electron chi connectivity index (χ1n) is 11.9. The van der Waals surface area contributed by atoms with Gasteiger partial charge in [-0.1, -0.05) is 30.3 Å². The Hall–Kier alpha value is -4.26. The molecule has 1 atom stereocenters. The Bertz CT molecular complexity index is 1430. The molecule has 1 amide bonds. The van der Waals surface area contributed by atoms with Gasteiger partial charge in [-0.3, -0.25) is 9.89 Å². The van der Waals surface area contributed by atoms with Gasteiger partial charge >= 0.3 is 0 Å². The normalized spacial score (nSPS) is 14.7. The van der Waals surface area contributed by atoms with Crippen molar-refractivity contribution < 1.29 is 19.4 Å². The van der Waals surface area contributed by atoms with E-state index in [0.717, 1.165) is 33.6 Å². The summed E-state index contributed by atoms with van der Waals surface area (Å²) < 4.78 is 10.8. The second kappa shape index (κ2) is 9.41. The molecule has 184 valence electrons. The molecule has 0 saturated heterocycles. The van der Waals surface area contributed by atoms with Crippen molar-refractivity contribution >= 4 is 5.91 Å². The standard InChI is InChI=1S/C29H29N3O4/c1-17-14-18(2)28(33)23(15-17)25-24-26(31-30-25)29(34)32(13-12-19-8-10-21(35-3)11-9-19)27(24)20-6-5-7-22(16-20)36-4/h5-11,14-16,27,33H,12-13H2,1-4H3,(H,30,31)/t27-/m1/s1. The number of H-pyrrole nitrogens is 1. The average Bonchev–Trinajstić information content (AvgIpc) is 3.43. The highest BCUT2D eigenvalue weighted by molar-refractivity contribution is 6.00. The fourth-order valence-electron chi connectivity index (χ4n) is 4.97. The number of phenolic OH excluding ortho intramolecular Hbond substituents is 1. The molecule has 5 rings (SSSR count). The third-order valence-electron chi connectivity index (χ3n) is 6.77. The number of aromatic hydroxyl groups is 1. The molecule has 0 bridgehead atoms. The molecule has 4 aromatic rings. The number of rotatable bonds is 7. The van der Waals surface area contributed by atoms with Crippen LogP contribution in [0.5, 0.6) is 17.2 Å². The Morgan fingerprint density at radius 3 is 2.47 bits per heavy atom. The first-order chi connectivity index (χ1) is 17.4. The predicted octanol–water partition coefficient (Wildman–Crippen LogP) is 5.20. The van der Waals surface area contributed by atoms with Gasteiger partial charge in [-0.15, -0.1) is 0 Å². The number of carbonyl (C=O) groups is 1. The van der Waals surface area contributed by atoms with Gasteiger partial charge in [-0.2, -0.15) is 5.10 Å². The summed E-state index contributed by atoms with van der Waals surface area (Å²) in [4.78, 5) is 15.5. The molecule has 0 saturated carbocycles. The van der Waals surface area contributed by atoms with E-state index >= 15 is 0 Å². The van der Waals surface area contributed by atoms with Crippen molar-refractivity contribution in [3.05, 3.63) is 94.2 Å². The minimum absolute atomic E-state index is 0.117. The molecule has 7 heteroatoms. The molecule has 0 unspecified atom stereocenters. The van der Waals surface area contributed by atoms with Crippen LogP contribution in [0.1, 0.15) is 44.3 Å². The number of amides is 1. The zero-order valence-electron chi connectivity index (χ0n) is 20.8. The second-order valence-electron chi connectivity index (χ2n) is 9.11. The number of nitrogens with zero attached hydrogens (tertiary/aromatic N) is 2. The maximum absolute atomic E-state index is 13.7. The zero-order chi connectivity index (χ0) is 25.4. The molecule has 0 fully saturated rings. The van der Waals surface area contributed by atoms with E-state index in [1.54, 1.807) is 14.2 Å². The maximum atomic E-state index is 13.7. The molecule has 1 aliphatic rings. The number of aromatic nitrogens is 2. The summed E-state index contributed by atoms with van der Waals surface area (Å²) >= 11 is 0. The molecule has 1 aromatic heterocycles. The lowest BCUT2D eigenvalue weighted by atomic mass is 9.94. The Kier molecular flexibility index (Phi) is 6.14. The number of carbonyl (C=O) groups excluding carboxylic acids is 1. The number of aromatic amines is 1. The van der Waals surface area contributed by atoms with Crippen LogP contribution in [0.3, 0.4) is 0 Å². The molecular weight excluding hydrogens is 454 g/mol. The molecule has 1 aliphatic heterocycles. The first kappa shape index (κ1) is 23.5. The van der Waals surface area contributed by atoms with Gasteiger partial charge in [0.05, 0.1) is 20.3 Å². The lowest BCUT2D eigenvalue weighted by Gasteiger charge is -2.27. The summed E-state index contributed by atoms with van der Waals surface area (Å²) in [6.07, 6.45) is 0.679. The van der Waals surface area contributed by atoms with Crippen LogP contribution in [0.15, 0.2) is 60.7 Å². The Morgan fingerprint density at radius 2 is 1.75 bits per heavy atom. The van der Waals surface area contributed by atoms with Crippen LogP contribution in [0.25, 0.3) is 11.3 Å². The van der Waals surface area contributed by atoms with Crippen molar-refractivity contribution in [1.29, 1.82) is 0 Å². The van der Waals surface area contributed by atoms with E-state index in [1.807, 2.05) is 79.4 Å². The van der Waals surface area contributed by atoms with Gasteiger partial charge in [0, 0.05) is 17.7 Å². The monoisotopic (exact) mass is 483 g/mol. The zero-order valence-corrected chi connectivity index (χ0v) is 20.8. The van der Waals surface area contributed by atoms with Gasteiger partial charge in [0.1, 0.15) is 28.6 Å². The number of aryl methyl sites for hydroxylation is 2.